The van der Waals surface area contributed by atoms with Crippen molar-refractivity contribution >= 4 is 39.3 Å². The second-order valence-corrected chi connectivity index (χ2v) is 4.36. The third-order valence-electron chi connectivity index (χ3n) is 2.05. The summed E-state index contributed by atoms with van der Waals surface area (Å²) in [6.07, 6.45) is 1.91. The second-order valence-electron chi connectivity index (χ2n) is 3.00. The van der Waals surface area contributed by atoms with E-state index in [0.717, 1.165) is 15.7 Å². The van der Waals surface area contributed by atoms with E-state index in [-0.39, 0.29) is 6.17 Å². The Morgan fingerprint density at radius 3 is 3.00 bits per heavy atom. The van der Waals surface area contributed by atoms with Gasteiger partial charge in [0.15, 0.2) is 0 Å². The molecule has 0 saturated carbocycles. The lowest BCUT2D eigenvalue weighted by Crippen LogP contribution is -2.42. The molecule has 0 aliphatic carbocycles. The smallest absolute Gasteiger partial charge is 0.122 e. The summed E-state index contributed by atoms with van der Waals surface area (Å²) in [6.45, 7) is 0. The number of hydrogen-bond donors (Lipinski definition) is 3. The third-order valence-corrected chi connectivity index (χ3v) is 2.97. The van der Waals surface area contributed by atoms with Crippen molar-refractivity contribution in [3.05, 3.63) is 33.3 Å². The molecule has 1 aliphatic heterocycles. The maximum absolute atomic E-state index is 5.88. The van der Waals surface area contributed by atoms with Crippen LogP contribution >= 0.6 is 27.5 Å². The van der Waals surface area contributed by atoms with Crippen molar-refractivity contribution in [2.75, 3.05) is 5.32 Å². The molecule has 2 rings (SSSR count). The highest BCUT2D eigenvalue weighted by Crippen LogP contribution is 2.30. The molecule has 0 amide bonds. The van der Waals surface area contributed by atoms with Crippen LogP contribution in [-0.4, -0.2) is 6.17 Å². The molecular formula is C9H9BrClN3. The highest BCUT2D eigenvalue weighted by molar-refractivity contribution is 9.11. The number of nitrogens with one attached hydrogen (secondary N) is 2. The van der Waals surface area contributed by atoms with Crippen molar-refractivity contribution in [1.29, 1.82) is 0 Å². The molecule has 1 aromatic carbocycles. The molecule has 0 spiro atoms. The van der Waals surface area contributed by atoms with Crippen molar-refractivity contribution in [2.45, 2.75) is 6.17 Å². The first-order valence-electron chi connectivity index (χ1n) is 4.10. The normalized spacial score (nSPS) is 19.6. The fraction of sp³-hybridized carbons (Fsp3) is 0.111. The molecule has 0 fully saturated rings. The van der Waals surface area contributed by atoms with Gasteiger partial charge in [-0.1, -0.05) is 33.6 Å². The number of halogens is 2. The molecule has 1 aliphatic rings. The molecule has 14 heavy (non-hydrogen) atoms. The van der Waals surface area contributed by atoms with Crippen molar-refractivity contribution in [1.82, 2.24) is 5.43 Å². The van der Waals surface area contributed by atoms with E-state index in [1.54, 1.807) is 0 Å². The summed E-state index contributed by atoms with van der Waals surface area (Å²) in [4.78, 5) is 0. The number of benzene rings is 1. The van der Waals surface area contributed by atoms with Crippen LogP contribution in [0, 0.1) is 0 Å². The molecule has 1 atom stereocenters. The molecule has 0 saturated heterocycles. The molecule has 1 heterocycles. The van der Waals surface area contributed by atoms with Crippen LogP contribution in [-0.2, 0) is 0 Å². The van der Waals surface area contributed by atoms with Gasteiger partial charge < -0.3 is 5.32 Å². The lowest BCUT2D eigenvalue weighted by atomic mass is 10.1. The zero-order chi connectivity index (χ0) is 10.1. The van der Waals surface area contributed by atoms with Crippen LogP contribution in [0.25, 0.3) is 6.08 Å². The number of hydrazine groups is 1. The van der Waals surface area contributed by atoms with E-state index >= 15 is 0 Å². The van der Waals surface area contributed by atoms with Gasteiger partial charge in [0.2, 0.25) is 0 Å². The van der Waals surface area contributed by atoms with E-state index in [1.807, 2.05) is 24.3 Å². The topological polar surface area (TPSA) is 50.1 Å². The molecule has 0 bridgehead atoms. The molecule has 0 radical (unpaired) electrons. The van der Waals surface area contributed by atoms with E-state index in [1.165, 1.54) is 0 Å². The Morgan fingerprint density at radius 2 is 2.29 bits per heavy atom. The lowest BCUT2D eigenvalue weighted by molar-refractivity contribution is 0.675. The predicted molar refractivity (Wildman–Crippen MR) is 63.1 cm³/mol. The first-order chi connectivity index (χ1) is 6.70. The van der Waals surface area contributed by atoms with Crippen LogP contribution < -0.4 is 16.6 Å². The van der Waals surface area contributed by atoms with Crippen molar-refractivity contribution < 1.29 is 0 Å². The van der Waals surface area contributed by atoms with Gasteiger partial charge in [-0.25, -0.2) is 5.43 Å². The maximum Gasteiger partial charge on any atom is 0.122 e. The number of hydrogen-bond acceptors (Lipinski definition) is 3. The van der Waals surface area contributed by atoms with Gasteiger partial charge in [0, 0.05) is 15.2 Å². The Balaban J connectivity index is 2.43. The van der Waals surface area contributed by atoms with Crippen LogP contribution in [0.4, 0.5) is 5.69 Å². The Hall–Kier alpha value is -0.550. The predicted octanol–water partition coefficient (Wildman–Crippen LogP) is 2.29. The van der Waals surface area contributed by atoms with Crippen LogP contribution in [0.2, 0.25) is 5.02 Å². The summed E-state index contributed by atoms with van der Waals surface area (Å²) in [5.74, 6) is 5.37. The van der Waals surface area contributed by atoms with E-state index < -0.39 is 0 Å². The zero-order valence-corrected chi connectivity index (χ0v) is 9.56. The molecule has 3 nitrogen and oxygen atoms in total. The Kier molecular flexibility index (Phi) is 2.78. The lowest BCUT2D eigenvalue weighted by Gasteiger charge is -2.24. The summed E-state index contributed by atoms with van der Waals surface area (Å²) in [6, 6.07) is 5.69. The SMILES string of the molecule is NNC1Nc2cc(Cl)ccc2C=C1Br. The van der Waals surface area contributed by atoms with Gasteiger partial charge in [-0.2, -0.15) is 0 Å². The monoisotopic (exact) mass is 273 g/mol. The van der Waals surface area contributed by atoms with Crippen LogP contribution in [0.15, 0.2) is 22.7 Å². The summed E-state index contributed by atoms with van der Waals surface area (Å²) < 4.78 is 0.967. The van der Waals surface area contributed by atoms with Gasteiger partial charge in [-0.15, -0.1) is 0 Å². The first kappa shape index (κ1) is 9.98. The van der Waals surface area contributed by atoms with Crippen LogP contribution in [0.3, 0.4) is 0 Å². The average Bonchev–Trinajstić information content (AvgIpc) is 2.17. The van der Waals surface area contributed by atoms with Gasteiger partial charge in [0.25, 0.3) is 0 Å². The van der Waals surface area contributed by atoms with E-state index in [2.05, 4.69) is 26.7 Å². The largest absolute Gasteiger partial charge is 0.364 e. The van der Waals surface area contributed by atoms with Gasteiger partial charge in [-0.05, 0) is 23.8 Å². The molecule has 5 heteroatoms. The molecule has 1 aromatic rings. The summed E-state index contributed by atoms with van der Waals surface area (Å²) in [7, 11) is 0. The average molecular weight is 275 g/mol. The number of rotatable bonds is 1. The van der Waals surface area contributed by atoms with Crippen LogP contribution in [0.1, 0.15) is 5.56 Å². The Morgan fingerprint density at radius 1 is 1.50 bits per heavy atom. The third kappa shape index (κ3) is 1.79. The van der Waals surface area contributed by atoms with E-state index in [9.17, 15) is 0 Å². The quantitative estimate of drug-likeness (QED) is 0.544. The van der Waals surface area contributed by atoms with Gasteiger partial charge in [0.1, 0.15) is 6.17 Å². The van der Waals surface area contributed by atoms with Gasteiger partial charge in [0.05, 0.1) is 0 Å². The second kappa shape index (κ2) is 3.90. The number of nitrogens with two attached hydrogens (primary N) is 1. The van der Waals surface area contributed by atoms with E-state index in [4.69, 9.17) is 17.4 Å². The Labute approximate surface area is 95.4 Å². The minimum Gasteiger partial charge on any atom is -0.364 e. The highest BCUT2D eigenvalue weighted by atomic mass is 79.9. The first-order valence-corrected chi connectivity index (χ1v) is 5.27. The zero-order valence-electron chi connectivity index (χ0n) is 7.22. The summed E-state index contributed by atoms with van der Waals surface area (Å²) in [5.41, 5.74) is 4.71. The molecule has 0 aromatic heterocycles. The number of anilines is 1. The minimum absolute atomic E-state index is 0.0963. The molecule has 4 N–H and O–H groups in total. The van der Waals surface area contributed by atoms with Crippen molar-refractivity contribution in [2.24, 2.45) is 5.84 Å². The molecule has 1 unspecified atom stereocenters. The maximum atomic E-state index is 5.88. The van der Waals surface area contributed by atoms with Gasteiger partial charge >= 0.3 is 0 Å². The van der Waals surface area contributed by atoms with Gasteiger partial charge in [-0.3, -0.25) is 5.84 Å². The van der Waals surface area contributed by atoms with Crippen molar-refractivity contribution in [3.8, 4) is 0 Å². The standard InChI is InChI=1S/C9H9BrClN3/c10-7-3-5-1-2-6(11)4-8(5)13-9(7)14-12/h1-4,9,13-14H,12H2. The summed E-state index contributed by atoms with van der Waals surface area (Å²) >= 11 is 9.31. The minimum atomic E-state index is -0.0963. The molecule has 74 valence electrons. The van der Waals surface area contributed by atoms with E-state index in [0.29, 0.717) is 5.02 Å². The van der Waals surface area contributed by atoms with Crippen molar-refractivity contribution in [3.63, 3.8) is 0 Å². The molecular weight excluding hydrogens is 265 g/mol. The fourth-order valence-electron chi connectivity index (χ4n) is 1.36. The summed E-state index contributed by atoms with van der Waals surface area (Å²) in [5, 5.41) is 3.91. The highest BCUT2D eigenvalue weighted by Gasteiger charge is 2.17. The number of fused-ring (bicyclic) bond motifs is 1. The Bertz CT molecular complexity index is 392. The van der Waals surface area contributed by atoms with Crippen LogP contribution in [0.5, 0.6) is 0 Å². The fourth-order valence-corrected chi connectivity index (χ4v) is 2.02.